The van der Waals surface area contributed by atoms with Crippen LogP contribution in [0.3, 0.4) is 0 Å². The van der Waals surface area contributed by atoms with Crippen LogP contribution in [0.4, 0.5) is 0 Å². The zero-order chi connectivity index (χ0) is 19.6. The summed E-state index contributed by atoms with van der Waals surface area (Å²) in [5.41, 5.74) is 0.794. The SMILES string of the molecule is CC(NS(=O)(=O)c1ccc2c(c1)OCCCO2)c1ccc2c(c1)OCCCO2. The van der Waals surface area contributed by atoms with Crippen LogP contribution in [0.25, 0.3) is 0 Å². The maximum atomic E-state index is 12.9. The standard InChI is InChI=1S/C20H23NO6S/c1-14(15-4-6-17-19(12-15)26-10-2-8-24-17)21-28(22,23)16-5-7-18-20(13-16)27-11-3-9-25-18/h4-7,12-14,21H,2-3,8-11H2,1H3. The zero-order valence-electron chi connectivity index (χ0n) is 15.6. The average Bonchev–Trinajstić information content (AvgIpc) is 3.06. The molecule has 1 N–H and O–H groups in total. The molecule has 0 aliphatic carbocycles. The number of benzene rings is 2. The van der Waals surface area contributed by atoms with E-state index in [0.717, 1.165) is 18.4 Å². The van der Waals surface area contributed by atoms with Gasteiger partial charge in [-0.2, -0.15) is 0 Å². The Morgan fingerprint density at radius 2 is 1.32 bits per heavy atom. The lowest BCUT2D eigenvalue weighted by atomic mass is 10.1. The van der Waals surface area contributed by atoms with Crippen LogP contribution in [0.15, 0.2) is 41.3 Å². The molecule has 2 aliphatic rings. The molecular formula is C20H23NO6S. The van der Waals surface area contributed by atoms with E-state index in [1.54, 1.807) is 13.0 Å². The summed E-state index contributed by atoms with van der Waals surface area (Å²) in [5, 5.41) is 0. The average molecular weight is 405 g/mol. The molecule has 0 bridgehead atoms. The van der Waals surface area contributed by atoms with Gasteiger partial charge in [-0.3, -0.25) is 0 Å². The van der Waals surface area contributed by atoms with Gasteiger partial charge < -0.3 is 18.9 Å². The van der Waals surface area contributed by atoms with Gasteiger partial charge in [-0.1, -0.05) is 6.07 Å². The van der Waals surface area contributed by atoms with Gasteiger partial charge in [0.25, 0.3) is 0 Å². The van der Waals surface area contributed by atoms with Crippen LogP contribution < -0.4 is 23.7 Å². The molecule has 0 saturated carbocycles. The van der Waals surface area contributed by atoms with Gasteiger partial charge in [0.15, 0.2) is 23.0 Å². The Labute approximate surface area is 164 Å². The van der Waals surface area contributed by atoms with Gasteiger partial charge in [-0.15, -0.1) is 0 Å². The monoisotopic (exact) mass is 405 g/mol. The van der Waals surface area contributed by atoms with Crippen LogP contribution in [0.1, 0.15) is 31.4 Å². The molecule has 0 radical (unpaired) electrons. The summed E-state index contributed by atoms with van der Waals surface area (Å²) in [4.78, 5) is 0.137. The van der Waals surface area contributed by atoms with Gasteiger partial charge in [0, 0.05) is 24.9 Å². The summed E-state index contributed by atoms with van der Waals surface area (Å²) in [6.45, 7) is 4.03. The molecule has 2 aromatic carbocycles. The van der Waals surface area contributed by atoms with Crippen molar-refractivity contribution in [3.05, 3.63) is 42.0 Å². The summed E-state index contributed by atoms with van der Waals surface area (Å²) < 4.78 is 50.9. The van der Waals surface area contributed by atoms with Crippen molar-refractivity contribution >= 4 is 10.0 Å². The van der Waals surface area contributed by atoms with Crippen LogP contribution in [0, 0.1) is 0 Å². The first-order valence-electron chi connectivity index (χ1n) is 9.34. The van der Waals surface area contributed by atoms with Gasteiger partial charge in [0.1, 0.15) is 0 Å². The number of fused-ring (bicyclic) bond motifs is 2. The van der Waals surface area contributed by atoms with Crippen molar-refractivity contribution < 1.29 is 27.4 Å². The Bertz CT molecular complexity index is 959. The predicted molar refractivity (Wildman–Crippen MR) is 103 cm³/mol. The fourth-order valence-corrected chi connectivity index (χ4v) is 4.38. The molecular weight excluding hydrogens is 382 g/mol. The number of hydrogen-bond acceptors (Lipinski definition) is 6. The minimum Gasteiger partial charge on any atom is -0.490 e. The van der Waals surface area contributed by atoms with Gasteiger partial charge in [-0.25, -0.2) is 13.1 Å². The Kier molecular flexibility index (Phi) is 5.32. The van der Waals surface area contributed by atoms with Crippen molar-refractivity contribution in [2.45, 2.75) is 30.7 Å². The number of ether oxygens (including phenoxy) is 4. The molecule has 0 spiro atoms. The molecule has 0 saturated heterocycles. The fourth-order valence-electron chi connectivity index (χ4n) is 3.13. The quantitative estimate of drug-likeness (QED) is 0.842. The first-order chi connectivity index (χ1) is 13.5. The van der Waals surface area contributed by atoms with Crippen molar-refractivity contribution in [1.82, 2.24) is 4.72 Å². The Hall–Kier alpha value is -2.45. The maximum Gasteiger partial charge on any atom is 0.241 e. The molecule has 4 rings (SSSR count). The van der Waals surface area contributed by atoms with E-state index in [1.807, 2.05) is 18.2 Å². The molecule has 2 heterocycles. The van der Waals surface area contributed by atoms with Crippen LogP contribution in [0.2, 0.25) is 0 Å². The number of sulfonamides is 1. The third kappa shape index (κ3) is 4.02. The van der Waals surface area contributed by atoms with E-state index >= 15 is 0 Å². The molecule has 1 atom stereocenters. The third-order valence-electron chi connectivity index (χ3n) is 4.63. The highest BCUT2D eigenvalue weighted by Crippen LogP contribution is 2.34. The van der Waals surface area contributed by atoms with E-state index in [4.69, 9.17) is 18.9 Å². The summed E-state index contributed by atoms with van der Waals surface area (Å²) >= 11 is 0. The van der Waals surface area contributed by atoms with E-state index in [2.05, 4.69) is 4.72 Å². The molecule has 150 valence electrons. The molecule has 7 nitrogen and oxygen atoms in total. The Balaban J connectivity index is 1.54. The van der Waals surface area contributed by atoms with Crippen LogP contribution in [-0.2, 0) is 10.0 Å². The lowest BCUT2D eigenvalue weighted by Gasteiger charge is -2.17. The number of rotatable bonds is 4. The third-order valence-corrected chi connectivity index (χ3v) is 6.17. The highest BCUT2D eigenvalue weighted by atomic mass is 32.2. The second-order valence-corrected chi connectivity index (χ2v) is 8.47. The first kappa shape index (κ1) is 18.9. The maximum absolute atomic E-state index is 12.9. The van der Waals surface area contributed by atoms with E-state index in [0.29, 0.717) is 49.4 Å². The predicted octanol–water partition coefficient (Wildman–Crippen LogP) is 3.05. The lowest BCUT2D eigenvalue weighted by Crippen LogP contribution is -2.27. The summed E-state index contributed by atoms with van der Waals surface area (Å²) in [5.74, 6) is 2.33. The van der Waals surface area contributed by atoms with E-state index < -0.39 is 16.1 Å². The highest BCUT2D eigenvalue weighted by molar-refractivity contribution is 7.89. The highest BCUT2D eigenvalue weighted by Gasteiger charge is 2.22. The summed E-state index contributed by atoms with van der Waals surface area (Å²) in [7, 11) is -3.74. The number of nitrogens with one attached hydrogen (secondary N) is 1. The summed E-state index contributed by atoms with van der Waals surface area (Å²) in [6.07, 6.45) is 1.58. The fraction of sp³-hybridized carbons (Fsp3) is 0.400. The second kappa shape index (κ2) is 7.89. The van der Waals surface area contributed by atoms with Crippen molar-refractivity contribution in [1.29, 1.82) is 0 Å². The van der Waals surface area contributed by atoms with Crippen molar-refractivity contribution in [3.8, 4) is 23.0 Å². The Morgan fingerprint density at radius 1 is 0.786 bits per heavy atom. The molecule has 1 unspecified atom stereocenters. The topological polar surface area (TPSA) is 83.1 Å². The van der Waals surface area contributed by atoms with Gasteiger partial charge in [-0.05, 0) is 36.8 Å². The normalized spacial score (nSPS) is 17.3. The van der Waals surface area contributed by atoms with Crippen LogP contribution >= 0.6 is 0 Å². The van der Waals surface area contributed by atoms with Gasteiger partial charge in [0.2, 0.25) is 10.0 Å². The smallest absolute Gasteiger partial charge is 0.241 e. The van der Waals surface area contributed by atoms with E-state index in [1.165, 1.54) is 12.1 Å². The first-order valence-corrected chi connectivity index (χ1v) is 10.8. The molecule has 2 aliphatic heterocycles. The largest absolute Gasteiger partial charge is 0.490 e. The van der Waals surface area contributed by atoms with Crippen molar-refractivity contribution in [3.63, 3.8) is 0 Å². The molecule has 0 amide bonds. The van der Waals surface area contributed by atoms with Crippen molar-refractivity contribution in [2.24, 2.45) is 0 Å². The molecule has 0 fully saturated rings. The molecule has 8 heteroatoms. The minimum atomic E-state index is -3.74. The van der Waals surface area contributed by atoms with Crippen LogP contribution in [-0.4, -0.2) is 34.8 Å². The van der Waals surface area contributed by atoms with Crippen molar-refractivity contribution in [2.75, 3.05) is 26.4 Å². The molecule has 2 aromatic rings. The zero-order valence-corrected chi connectivity index (χ0v) is 16.5. The van der Waals surface area contributed by atoms with Gasteiger partial charge in [0.05, 0.1) is 31.3 Å². The molecule has 0 aromatic heterocycles. The number of hydrogen-bond donors (Lipinski definition) is 1. The second-order valence-electron chi connectivity index (χ2n) is 6.76. The minimum absolute atomic E-state index is 0.137. The van der Waals surface area contributed by atoms with Gasteiger partial charge >= 0.3 is 0 Å². The Morgan fingerprint density at radius 3 is 1.96 bits per heavy atom. The van der Waals surface area contributed by atoms with Crippen LogP contribution in [0.5, 0.6) is 23.0 Å². The molecule has 28 heavy (non-hydrogen) atoms. The lowest BCUT2D eigenvalue weighted by molar-refractivity contribution is 0.296. The van der Waals surface area contributed by atoms with E-state index in [-0.39, 0.29) is 4.90 Å². The van der Waals surface area contributed by atoms with E-state index in [9.17, 15) is 8.42 Å². The summed E-state index contributed by atoms with van der Waals surface area (Å²) in [6, 6.07) is 9.69.